The minimum Gasteiger partial charge on any atom is -0.360 e. The highest BCUT2D eigenvalue weighted by Crippen LogP contribution is 2.50. The van der Waals surface area contributed by atoms with Crippen molar-refractivity contribution in [3.8, 4) is 0 Å². The summed E-state index contributed by atoms with van der Waals surface area (Å²) in [5.74, 6) is 1.85. The Morgan fingerprint density at radius 3 is 2.14 bits per heavy atom. The van der Waals surface area contributed by atoms with Gasteiger partial charge in [0.25, 0.3) is 0 Å². The lowest BCUT2D eigenvalue weighted by Gasteiger charge is -2.39. The van der Waals surface area contributed by atoms with Crippen molar-refractivity contribution in [3.63, 3.8) is 0 Å². The summed E-state index contributed by atoms with van der Waals surface area (Å²) in [6, 6.07) is 0.892. The number of nitrogens with zero attached hydrogens (tertiary/aromatic N) is 2. The first-order chi connectivity index (χ1) is 24.8. The van der Waals surface area contributed by atoms with Crippen LogP contribution in [-0.2, 0) is 0 Å². The van der Waals surface area contributed by atoms with Crippen LogP contribution in [0.25, 0.3) is 0 Å². The summed E-state index contributed by atoms with van der Waals surface area (Å²) in [7, 11) is 0. The Balaban J connectivity index is 1.17. The molecule has 0 radical (unpaired) electrons. The van der Waals surface area contributed by atoms with Crippen molar-refractivity contribution in [2.75, 3.05) is 0 Å². The van der Waals surface area contributed by atoms with Gasteiger partial charge in [0.2, 0.25) is 0 Å². The van der Waals surface area contributed by atoms with Gasteiger partial charge in [-0.05, 0) is 143 Å². The lowest BCUT2D eigenvalue weighted by atomic mass is 9.82. The van der Waals surface area contributed by atoms with Crippen molar-refractivity contribution in [1.82, 2.24) is 9.80 Å². The van der Waals surface area contributed by atoms with Crippen molar-refractivity contribution < 1.29 is 0 Å². The third-order valence-corrected chi connectivity index (χ3v) is 12.6. The Hall–Kier alpha value is -4.04. The molecule has 1 heterocycles. The van der Waals surface area contributed by atoms with Crippen molar-refractivity contribution in [1.29, 1.82) is 0 Å². The molecule has 0 aromatic carbocycles. The fraction of sp³-hybridized carbons (Fsp3) is 0.417. The van der Waals surface area contributed by atoms with Crippen molar-refractivity contribution >= 4 is 0 Å². The van der Waals surface area contributed by atoms with Crippen LogP contribution in [0.1, 0.15) is 96.3 Å². The second kappa shape index (κ2) is 15.5. The third kappa shape index (κ3) is 6.83. The molecule has 0 aromatic heterocycles. The van der Waals surface area contributed by atoms with Crippen molar-refractivity contribution in [3.05, 3.63) is 167 Å². The quantitative estimate of drug-likeness (QED) is 0.179. The molecule has 1 aliphatic heterocycles. The second-order valence-corrected chi connectivity index (χ2v) is 15.5. The normalized spacial score (nSPS) is 30.8. The molecular weight excluding hydrogens is 605 g/mol. The minimum absolute atomic E-state index is 0.386. The van der Waals surface area contributed by atoms with Crippen LogP contribution < -0.4 is 0 Å². The first-order valence-corrected chi connectivity index (χ1v) is 19.9. The Kier molecular flexibility index (Phi) is 10.2. The molecule has 5 atom stereocenters. The number of likely N-dealkylation sites (tertiary alicyclic amines) is 1. The highest BCUT2D eigenvalue weighted by Gasteiger charge is 2.45. The number of hydrogen-bond donors (Lipinski definition) is 0. The molecule has 8 aliphatic rings. The number of fused-ring (bicyclic) bond motifs is 3. The fourth-order valence-corrected chi connectivity index (χ4v) is 10.0. The van der Waals surface area contributed by atoms with Crippen LogP contribution >= 0.6 is 0 Å². The lowest BCUT2D eigenvalue weighted by Crippen LogP contribution is -2.38. The summed E-state index contributed by atoms with van der Waals surface area (Å²) in [6.45, 7) is 4.10. The van der Waals surface area contributed by atoms with Crippen LogP contribution in [0.15, 0.2) is 167 Å². The molecule has 258 valence electrons. The SMILES string of the molecule is C=C/C=C(\C=C/N(C1=CC=C(C2CC=CCC2)CC1)C1=C2C3=CC=CCC3N(C3=CC=C(C4CC=CCC4)CC3)C2CCC1)C1C=CC=CC1. The molecule has 0 saturated carbocycles. The standard InChI is InChI=1S/C48H56N2/c1-2-15-36(37-16-6-3-7-17-37)34-35-49(42-30-26-40(27-31-42)38-18-8-4-9-19-38)46-24-14-25-47-48(46)44-22-12-13-23-45(44)50(47)43-32-28-41(29-33-43)39-20-10-5-11-21-39/h2-8,10,12-13,15-16,22,26,28,30,32,34-35,37-39,45,47H,1,9,11,14,17-21,23-25,27,29,31,33H2/b35-34-,36-15+. The maximum atomic E-state index is 4.10. The van der Waals surface area contributed by atoms with E-state index in [0.717, 1.165) is 31.6 Å². The first kappa shape index (κ1) is 33.1. The molecule has 2 nitrogen and oxygen atoms in total. The van der Waals surface area contributed by atoms with Gasteiger partial charge in [0.15, 0.2) is 0 Å². The molecule has 1 fully saturated rings. The summed E-state index contributed by atoms with van der Waals surface area (Å²) < 4.78 is 0. The third-order valence-electron chi connectivity index (χ3n) is 12.6. The first-order valence-electron chi connectivity index (χ1n) is 19.9. The second-order valence-electron chi connectivity index (χ2n) is 15.5. The van der Waals surface area contributed by atoms with Crippen LogP contribution in [0, 0.1) is 17.8 Å². The summed E-state index contributed by atoms with van der Waals surface area (Å²) >= 11 is 0. The van der Waals surface area contributed by atoms with Crippen LogP contribution in [0.2, 0.25) is 0 Å². The largest absolute Gasteiger partial charge is 0.360 e. The van der Waals surface area contributed by atoms with E-state index in [2.05, 4.69) is 126 Å². The van der Waals surface area contributed by atoms with E-state index in [1.807, 2.05) is 6.08 Å². The highest BCUT2D eigenvalue weighted by molar-refractivity contribution is 5.54. The van der Waals surface area contributed by atoms with E-state index in [4.69, 9.17) is 0 Å². The number of rotatable bonds is 9. The van der Waals surface area contributed by atoms with Gasteiger partial charge in [0.1, 0.15) is 0 Å². The van der Waals surface area contributed by atoms with Gasteiger partial charge in [-0.25, -0.2) is 0 Å². The van der Waals surface area contributed by atoms with Crippen LogP contribution in [0.4, 0.5) is 0 Å². The lowest BCUT2D eigenvalue weighted by molar-refractivity contribution is 0.240. The zero-order valence-electron chi connectivity index (χ0n) is 30.1. The van der Waals surface area contributed by atoms with Gasteiger partial charge in [0, 0.05) is 29.2 Å². The molecule has 50 heavy (non-hydrogen) atoms. The molecule has 0 aromatic rings. The summed E-state index contributed by atoms with van der Waals surface area (Å²) in [5, 5.41) is 0. The average Bonchev–Trinajstić information content (AvgIpc) is 3.54. The van der Waals surface area contributed by atoms with Crippen LogP contribution in [-0.4, -0.2) is 21.9 Å². The molecular formula is C48H56N2. The number of allylic oxidation sites excluding steroid dienone is 23. The molecule has 0 N–H and O–H groups in total. The van der Waals surface area contributed by atoms with Gasteiger partial charge < -0.3 is 9.80 Å². The van der Waals surface area contributed by atoms with Crippen LogP contribution in [0.3, 0.4) is 0 Å². The van der Waals surface area contributed by atoms with Gasteiger partial charge in [-0.1, -0.05) is 109 Å². The van der Waals surface area contributed by atoms with E-state index in [-0.39, 0.29) is 0 Å². The molecule has 0 bridgehead atoms. The Morgan fingerprint density at radius 2 is 1.48 bits per heavy atom. The van der Waals surface area contributed by atoms with Gasteiger partial charge in [-0.15, -0.1) is 0 Å². The van der Waals surface area contributed by atoms with Gasteiger partial charge in [0.05, 0.1) is 12.1 Å². The zero-order valence-corrected chi connectivity index (χ0v) is 30.1. The van der Waals surface area contributed by atoms with E-state index < -0.39 is 0 Å². The van der Waals surface area contributed by atoms with Crippen molar-refractivity contribution in [2.45, 2.75) is 108 Å². The van der Waals surface area contributed by atoms with Gasteiger partial charge in [-0.3, -0.25) is 0 Å². The van der Waals surface area contributed by atoms with Crippen LogP contribution in [0.5, 0.6) is 0 Å². The molecule has 0 spiro atoms. The predicted molar refractivity (Wildman–Crippen MR) is 212 cm³/mol. The Morgan fingerprint density at radius 1 is 0.700 bits per heavy atom. The maximum Gasteiger partial charge on any atom is 0.0584 e. The van der Waals surface area contributed by atoms with E-state index >= 15 is 0 Å². The summed E-state index contributed by atoms with van der Waals surface area (Å²) in [6.07, 6.45) is 62.7. The Bertz CT molecular complexity index is 1730. The highest BCUT2D eigenvalue weighted by atomic mass is 15.2. The Labute approximate surface area is 302 Å². The zero-order chi connectivity index (χ0) is 33.7. The minimum atomic E-state index is 0.386. The molecule has 5 unspecified atom stereocenters. The predicted octanol–water partition coefficient (Wildman–Crippen LogP) is 12.3. The average molecular weight is 661 g/mol. The molecule has 2 heteroatoms. The monoisotopic (exact) mass is 660 g/mol. The van der Waals surface area contributed by atoms with E-state index in [1.54, 1.807) is 28.0 Å². The maximum absolute atomic E-state index is 4.10. The van der Waals surface area contributed by atoms with E-state index in [0.29, 0.717) is 23.9 Å². The molecule has 0 amide bonds. The van der Waals surface area contributed by atoms with E-state index in [9.17, 15) is 0 Å². The molecule has 1 saturated heterocycles. The smallest absolute Gasteiger partial charge is 0.0584 e. The van der Waals surface area contributed by atoms with Crippen molar-refractivity contribution in [2.24, 2.45) is 17.8 Å². The molecule has 7 aliphatic carbocycles. The fourth-order valence-electron chi connectivity index (χ4n) is 10.0. The number of hydrogen-bond acceptors (Lipinski definition) is 2. The van der Waals surface area contributed by atoms with Gasteiger partial charge >= 0.3 is 0 Å². The molecule has 8 rings (SSSR count). The summed E-state index contributed by atoms with van der Waals surface area (Å²) in [5.41, 5.74) is 12.4. The van der Waals surface area contributed by atoms with E-state index in [1.165, 1.54) is 87.6 Å². The topological polar surface area (TPSA) is 6.48 Å². The van der Waals surface area contributed by atoms with Gasteiger partial charge in [-0.2, -0.15) is 0 Å². The summed E-state index contributed by atoms with van der Waals surface area (Å²) in [4.78, 5) is 5.53.